The number of ether oxygens (including phenoxy) is 5. The van der Waals surface area contributed by atoms with Crippen LogP contribution in [0.5, 0.6) is 0 Å². The van der Waals surface area contributed by atoms with E-state index in [2.05, 4.69) is 0 Å². The zero-order chi connectivity index (χ0) is 36.1. The number of carbonyl (C=O) groups excluding carboxylic acids is 3. The third-order valence-corrected chi connectivity index (χ3v) is 12.7. The Morgan fingerprint density at radius 3 is 2.29 bits per heavy atom. The lowest BCUT2D eigenvalue weighted by atomic mass is 9.37. The van der Waals surface area contributed by atoms with Crippen molar-refractivity contribution in [1.82, 2.24) is 0 Å². The van der Waals surface area contributed by atoms with E-state index < -0.39 is 113 Å². The topological polar surface area (TPSA) is 232 Å². The van der Waals surface area contributed by atoms with Crippen LogP contribution in [-0.2, 0) is 42.9 Å². The first-order valence-corrected chi connectivity index (χ1v) is 16.6. The van der Waals surface area contributed by atoms with Crippen molar-refractivity contribution in [2.75, 3.05) is 6.61 Å². The van der Waals surface area contributed by atoms with E-state index in [1.807, 2.05) is 6.92 Å². The number of aliphatic hydroxyl groups excluding tert-OH is 4. The molecule has 0 radical (unpaired) electrons. The van der Waals surface area contributed by atoms with Crippen LogP contribution in [0.2, 0.25) is 0 Å². The second-order valence-corrected chi connectivity index (χ2v) is 15.5. The third kappa shape index (κ3) is 4.94. The largest absolute Gasteiger partial charge is 0.479 e. The van der Waals surface area contributed by atoms with Crippen LogP contribution in [0.15, 0.2) is 23.0 Å². The minimum Gasteiger partial charge on any atom is -0.479 e. The summed E-state index contributed by atoms with van der Waals surface area (Å²) in [6.07, 6.45) is -8.99. The molecular weight excluding hydrogens is 648 g/mol. The number of cyclic esters (lactones) is 1. The van der Waals surface area contributed by atoms with Gasteiger partial charge < -0.3 is 53.6 Å². The van der Waals surface area contributed by atoms with Gasteiger partial charge in [0.15, 0.2) is 12.4 Å². The molecule has 0 aromatic carbocycles. The fourth-order valence-corrected chi connectivity index (χ4v) is 10.4. The van der Waals surface area contributed by atoms with E-state index >= 15 is 0 Å². The van der Waals surface area contributed by atoms with E-state index in [0.717, 1.165) is 0 Å². The molecular formula is C34H46O15. The molecule has 0 bridgehead atoms. The Labute approximate surface area is 282 Å². The SMILES string of the molecule is CC(=O)O[C@@H]1CC(=O)OC(C)(C)[C@@H]2CC(=O)[C@]3(C)[C@H](CC[C@@](C)(C(O[C@@H]4O[C@H](CO)[C@@H](O)[C@H](O)[C@H]4O)c4ccoc4)C34OC4C(=O)O)[C@@]12C. The van der Waals surface area contributed by atoms with Crippen molar-refractivity contribution in [3.63, 3.8) is 0 Å². The first kappa shape index (κ1) is 35.9. The highest BCUT2D eigenvalue weighted by atomic mass is 16.7. The van der Waals surface area contributed by atoms with E-state index in [1.54, 1.807) is 33.8 Å². The number of carboxylic acid groups (broad SMARTS) is 1. The van der Waals surface area contributed by atoms with Crippen LogP contribution in [0.3, 0.4) is 0 Å². The van der Waals surface area contributed by atoms with Crippen molar-refractivity contribution in [1.29, 1.82) is 0 Å². The molecule has 3 saturated heterocycles. The number of fused-ring (bicyclic) bond motifs is 4. The molecule has 2 saturated carbocycles. The van der Waals surface area contributed by atoms with Crippen LogP contribution in [0.4, 0.5) is 0 Å². The summed E-state index contributed by atoms with van der Waals surface area (Å²) in [5.41, 5.74) is -6.51. The minimum atomic E-state index is -1.78. The maximum atomic E-state index is 14.8. The van der Waals surface area contributed by atoms with Crippen LogP contribution in [0.25, 0.3) is 0 Å². The van der Waals surface area contributed by atoms with Gasteiger partial charge in [0.05, 0.1) is 37.1 Å². The molecule has 3 unspecified atom stereocenters. The van der Waals surface area contributed by atoms with Crippen molar-refractivity contribution >= 4 is 23.7 Å². The van der Waals surface area contributed by atoms with E-state index in [9.17, 15) is 44.7 Å². The highest BCUT2D eigenvalue weighted by molar-refractivity contribution is 5.92. The Kier molecular flexibility index (Phi) is 8.66. The van der Waals surface area contributed by atoms with Crippen molar-refractivity contribution in [2.24, 2.45) is 28.1 Å². The molecule has 14 atom stereocenters. The summed E-state index contributed by atoms with van der Waals surface area (Å²) in [4.78, 5) is 53.4. The average Bonchev–Trinajstić information content (AvgIpc) is 3.60. The van der Waals surface area contributed by atoms with Gasteiger partial charge in [0, 0.05) is 35.7 Å². The summed E-state index contributed by atoms with van der Waals surface area (Å²) in [6, 6.07) is 1.58. The summed E-state index contributed by atoms with van der Waals surface area (Å²) >= 11 is 0. The molecule has 15 nitrogen and oxygen atoms in total. The highest BCUT2D eigenvalue weighted by Gasteiger charge is 2.87. The molecule has 3 aliphatic heterocycles. The maximum Gasteiger partial charge on any atom is 0.335 e. The van der Waals surface area contributed by atoms with E-state index in [-0.39, 0.29) is 31.5 Å². The number of furan rings is 1. The van der Waals surface area contributed by atoms with E-state index in [1.165, 1.54) is 19.5 Å². The monoisotopic (exact) mass is 694 g/mol. The molecule has 0 amide bonds. The van der Waals surface area contributed by atoms with Crippen molar-refractivity contribution in [2.45, 2.75) is 127 Å². The first-order chi connectivity index (χ1) is 22.8. The molecule has 5 aliphatic rings. The molecule has 4 heterocycles. The Morgan fingerprint density at radius 2 is 1.71 bits per heavy atom. The van der Waals surface area contributed by atoms with Gasteiger partial charge in [0.1, 0.15) is 47.5 Å². The Balaban J connectivity index is 1.51. The van der Waals surface area contributed by atoms with Gasteiger partial charge in [-0.15, -0.1) is 0 Å². The summed E-state index contributed by atoms with van der Waals surface area (Å²) in [5, 5.41) is 52.3. The number of hydrogen-bond acceptors (Lipinski definition) is 14. The first-order valence-electron chi connectivity index (χ1n) is 16.6. The van der Waals surface area contributed by atoms with Crippen LogP contribution in [-0.4, -0.2) is 110 Å². The number of carboxylic acids is 1. The van der Waals surface area contributed by atoms with Crippen LogP contribution in [0.1, 0.15) is 78.9 Å². The highest BCUT2D eigenvalue weighted by Crippen LogP contribution is 2.77. The zero-order valence-electron chi connectivity index (χ0n) is 28.4. The molecule has 15 heteroatoms. The Hall–Kier alpha value is -2.92. The number of aliphatic hydroxyl groups is 4. The molecule has 49 heavy (non-hydrogen) atoms. The van der Waals surface area contributed by atoms with Gasteiger partial charge in [0.2, 0.25) is 0 Å². The lowest BCUT2D eigenvalue weighted by molar-refractivity contribution is -0.328. The summed E-state index contributed by atoms with van der Waals surface area (Å²) in [7, 11) is 0. The van der Waals surface area contributed by atoms with Gasteiger partial charge in [-0.3, -0.25) is 14.4 Å². The lowest BCUT2D eigenvalue weighted by Gasteiger charge is -2.65. The predicted octanol–water partition coefficient (Wildman–Crippen LogP) is 1.03. The fraction of sp³-hybridized carbons (Fsp3) is 0.765. The summed E-state index contributed by atoms with van der Waals surface area (Å²) in [6.45, 7) is 9.26. The van der Waals surface area contributed by atoms with Gasteiger partial charge in [-0.25, -0.2) is 4.79 Å². The average molecular weight is 695 g/mol. The normalized spacial score (nSPS) is 46.5. The van der Waals surface area contributed by atoms with Gasteiger partial charge in [-0.2, -0.15) is 0 Å². The predicted molar refractivity (Wildman–Crippen MR) is 162 cm³/mol. The zero-order valence-corrected chi connectivity index (χ0v) is 28.4. The maximum absolute atomic E-state index is 14.8. The standard InChI is InChI=1S/C34H46O15/c1-15(36)45-21-12-22(38)48-30(2,3)19-11-20(37)33(6)18(32(19,21)5)7-9-31(4,34(33)27(49-34)28(42)43)26(16-8-10-44-14-16)47-29-25(41)24(40)23(39)17(13-35)46-29/h8,10,14,17-19,21,23-27,29,35,39-41H,7,9,11-13H2,1-6H3,(H,42,43)/t17-,18-,19+,21-,23-,24+,25-,26?,27?,29+,31+,32-,33+,34?/m1/s1. The summed E-state index contributed by atoms with van der Waals surface area (Å²) in [5.74, 6) is -4.14. The number of ketones is 1. The van der Waals surface area contributed by atoms with Crippen molar-refractivity contribution in [3.05, 3.63) is 24.2 Å². The quantitative estimate of drug-likeness (QED) is 0.198. The van der Waals surface area contributed by atoms with Crippen molar-refractivity contribution in [3.8, 4) is 0 Å². The fourth-order valence-electron chi connectivity index (χ4n) is 10.4. The molecule has 6 rings (SSSR count). The second kappa shape index (κ2) is 11.8. The third-order valence-electron chi connectivity index (χ3n) is 12.7. The molecule has 272 valence electrons. The van der Waals surface area contributed by atoms with Crippen molar-refractivity contribution < 1.29 is 72.8 Å². The number of Topliss-reactive ketones (excluding diaryl/α,β-unsaturated/α-hetero) is 1. The van der Waals surface area contributed by atoms with Gasteiger partial charge in [-0.05, 0) is 45.6 Å². The summed E-state index contributed by atoms with van der Waals surface area (Å²) < 4.78 is 35.6. The van der Waals surface area contributed by atoms with Gasteiger partial charge in [0.25, 0.3) is 0 Å². The van der Waals surface area contributed by atoms with Gasteiger partial charge >= 0.3 is 17.9 Å². The molecule has 5 N–H and O–H groups in total. The van der Waals surface area contributed by atoms with E-state index in [4.69, 9.17) is 28.1 Å². The molecule has 5 fully saturated rings. The van der Waals surface area contributed by atoms with Crippen LogP contribution < -0.4 is 0 Å². The number of carbonyl (C=O) groups is 4. The Morgan fingerprint density at radius 1 is 1.02 bits per heavy atom. The molecule has 1 aromatic rings. The molecule has 1 aromatic heterocycles. The smallest absolute Gasteiger partial charge is 0.335 e. The second-order valence-electron chi connectivity index (χ2n) is 15.5. The molecule has 1 spiro atoms. The van der Waals surface area contributed by atoms with Crippen LogP contribution in [0, 0.1) is 28.1 Å². The van der Waals surface area contributed by atoms with Crippen LogP contribution >= 0.6 is 0 Å². The Bertz CT molecular complexity index is 1490. The number of aliphatic carboxylic acids is 1. The number of rotatable bonds is 7. The number of hydrogen-bond donors (Lipinski definition) is 5. The van der Waals surface area contributed by atoms with Gasteiger partial charge in [-0.1, -0.05) is 13.8 Å². The molecule has 2 aliphatic carbocycles. The van der Waals surface area contributed by atoms with E-state index in [0.29, 0.717) is 5.56 Å². The lowest BCUT2D eigenvalue weighted by Crippen LogP contribution is -2.72. The number of epoxide rings is 1. The minimum absolute atomic E-state index is 0.140. The number of esters is 2.